The van der Waals surface area contributed by atoms with Crippen molar-refractivity contribution in [2.75, 3.05) is 6.54 Å². The lowest BCUT2D eigenvalue weighted by atomic mass is 10.1. The SMILES string of the molecule is O=C(N[C@H]1CCCNC1=O)c1ccc(Cc2cccc(F)c2)nc1. The van der Waals surface area contributed by atoms with E-state index >= 15 is 0 Å². The first-order valence-corrected chi connectivity index (χ1v) is 7.90. The highest BCUT2D eigenvalue weighted by molar-refractivity contribution is 5.97. The summed E-state index contributed by atoms with van der Waals surface area (Å²) >= 11 is 0. The number of nitrogens with one attached hydrogen (secondary N) is 2. The average Bonchev–Trinajstić information content (AvgIpc) is 2.57. The van der Waals surface area contributed by atoms with Gasteiger partial charge in [0, 0.05) is 24.9 Å². The van der Waals surface area contributed by atoms with Gasteiger partial charge in [-0.15, -0.1) is 0 Å². The fourth-order valence-electron chi connectivity index (χ4n) is 2.67. The summed E-state index contributed by atoms with van der Waals surface area (Å²) in [6, 6.07) is 9.25. The van der Waals surface area contributed by atoms with Gasteiger partial charge in [0.15, 0.2) is 0 Å². The number of benzene rings is 1. The zero-order valence-electron chi connectivity index (χ0n) is 13.1. The van der Waals surface area contributed by atoms with Gasteiger partial charge in [-0.3, -0.25) is 14.6 Å². The van der Waals surface area contributed by atoms with Crippen LogP contribution in [0.3, 0.4) is 0 Å². The molecule has 6 heteroatoms. The predicted molar refractivity (Wildman–Crippen MR) is 86.9 cm³/mol. The van der Waals surface area contributed by atoms with Gasteiger partial charge in [0.05, 0.1) is 5.56 Å². The summed E-state index contributed by atoms with van der Waals surface area (Å²) in [5, 5.41) is 5.45. The maximum Gasteiger partial charge on any atom is 0.253 e. The number of carbonyl (C=O) groups is 2. The second kappa shape index (κ2) is 7.21. The molecule has 1 fully saturated rings. The molecule has 2 heterocycles. The van der Waals surface area contributed by atoms with Crippen LogP contribution in [0.5, 0.6) is 0 Å². The van der Waals surface area contributed by atoms with Crippen LogP contribution in [0.2, 0.25) is 0 Å². The standard InChI is InChI=1S/C18H18FN3O2/c19-14-4-1-3-12(9-14)10-15-7-6-13(11-21-15)17(23)22-16-5-2-8-20-18(16)24/h1,3-4,6-7,9,11,16H,2,5,8,10H2,(H,20,24)(H,22,23)/t16-/m0/s1. The van der Waals surface area contributed by atoms with Crippen LogP contribution in [-0.2, 0) is 11.2 Å². The first kappa shape index (κ1) is 16.1. The first-order chi connectivity index (χ1) is 11.6. The Balaban J connectivity index is 1.63. The van der Waals surface area contributed by atoms with Crippen molar-refractivity contribution in [2.24, 2.45) is 0 Å². The Morgan fingerprint density at radius 2 is 2.21 bits per heavy atom. The predicted octanol–water partition coefficient (Wildman–Crippen LogP) is 1.82. The highest BCUT2D eigenvalue weighted by Gasteiger charge is 2.24. The summed E-state index contributed by atoms with van der Waals surface area (Å²) in [7, 11) is 0. The number of rotatable bonds is 4. The van der Waals surface area contributed by atoms with Gasteiger partial charge in [-0.25, -0.2) is 4.39 Å². The van der Waals surface area contributed by atoms with Crippen molar-refractivity contribution < 1.29 is 14.0 Å². The molecule has 0 radical (unpaired) electrons. The van der Waals surface area contributed by atoms with Gasteiger partial charge in [0.25, 0.3) is 5.91 Å². The second-order valence-corrected chi connectivity index (χ2v) is 5.80. The zero-order valence-corrected chi connectivity index (χ0v) is 13.1. The summed E-state index contributed by atoms with van der Waals surface area (Å²) in [4.78, 5) is 28.1. The zero-order chi connectivity index (χ0) is 16.9. The molecule has 0 unspecified atom stereocenters. The topological polar surface area (TPSA) is 71.1 Å². The van der Waals surface area contributed by atoms with Crippen LogP contribution in [-0.4, -0.2) is 29.4 Å². The third-order valence-electron chi connectivity index (χ3n) is 3.95. The molecular formula is C18H18FN3O2. The maximum atomic E-state index is 13.2. The van der Waals surface area contributed by atoms with E-state index in [1.54, 1.807) is 18.2 Å². The normalized spacial score (nSPS) is 17.2. The van der Waals surface area contributed by atoms with Crippen LogP contribution < -0.4 is 10.6 Å². The highest BCUT2D eigenvalue weighted by Crippen LogP contribution is 2.11. The molecule has 3 rings (SSSR count). The fraction of sp³-hybridized carbons (Fsp3) is 0.278. The molecule has 0 aliphatic carbocycles. The number of nitrogens with zero attached hydrogens (tertiary/aromatic N) is 1. The molecule has 5 nitrogen and oxygen atoms in total. The van der Waals surface area contributed by atoms with Gasteiger partial charge in [-0.1, -0.05) is 12.1 Å². The Kier molecular flexibility index (Phi) is 4.84. The third-order valence-corrected chi connectivity index (χ3v) is 3.95. The molecular weight excluding hydrogens is 309 g/mol. The Morgan fingerprint density at radius 1 is 1.33 bits per heavy atom. The van der Waals surface area contributed by atoms with E-state index in [0.29, 0.717) is 24.9 Å². The molecule has 0 spiro atoms. The van der Waals surface area contributed by atoms with E-state index in [1.165, 1.54) is 18.3 Å². The minimum atomic E-state index is -0.488. The maximum absolute atomic E-state index is 13.2. The number of carbonyl (C=O) groups excluding carboxylic acids is 2. The van der Waals surface area contributed by atoms with Crippen LogP contribution in [0.25, 0.3) is 0 Å². The molecule has 24 heavy (non-hydrogen) atoms. The molecule has 2 N–H and O–H groups in total. The Bertz CT molecular complexity index is 746. The molecule has 2 amide bonds. The van der Waals surface area contributed by atoms with E-state index in [-0.39, 0.29) is 17.6 Å². The highest BCUT2D eigenvalue weighted by atomic mass is 19.1. The Morgan fingerprint density at radius 3 is 2.92 bits per heavy atom. The molecule has 1 aliphatic rings. The van der Waals surface area contributed by atoms with Crippen molar-refractivity contribution in [3.63, 3.8) is 0 Å². The smallest absolute Gasteiger partial charge is 0.253 e. The number of amides is 2. The molecule has 124 valence electrons. The number of hydrogen-bond donors (Lipinski definition) is 2. The minimum Gasteiger partial charge on any atom is -0.354 e. The van der Waals surface area contributed by atoms with E-state index < -0.39 is 6.04 Å². The number of aromatic nitrogens is 1. The lowest BCUT2D eigenvalue weighted by molar-refractivity contribution is -0.124. The van der Waals surface area contributed by atoms with Gasteiger partial charge in [-0.05, 0) is 42.7 Å². The van der Waals surface area contributed by atoms with Gasteiger partial charge in [0.2, 0.25) is 5.91 Å². The van der Waals surface area contributed by atoms with Crippen molar-refractivity contribution in [1.82, 2.24) is 15.6 Å². The summed E-state index contributed by atoms with van der Waals surface area (Å²) < 4.78 is 13.2. The molecule has 1 saturated heterocycles. The summed E-state index contributed by atoms with van der Waals surface area (Å²) in [6.45, 7) is 0.654. The van der Waals surface area contributed by atoms with Crippen LogP contribution in [0.1, 0.15) is 34.5 Å². The molecule has 1 aromatic carbocycles. The first-order valence-electron chi connectivity index (χ1n) is 7.90. The van der Waals surface area contributed by atoms with Crippen LogP contribution in [0.4, 0.5) is 4.39 Å². The monoisotopic (exact) mass is 327 g/mol. The Hall–Kier alpha value is -2.76. The summed E-state index contributed by atoms with van der Waals surface area (Å²) in [5.41, 5.74) is 1.96. The van der Waals surface area contributed by atoms with Gasteiger partial charge >= 0.3 is 0 Å². The summed E-state index contributed by atoms with van der Waals surface area (Å²) in [6.07, 6.45) is 3.46. The largest absolute Gasteiger partial charge is 0.354 e. The van der Waals surface area contributed by atoms with Crippen LogP contribution in [0, 0.1) is 5.82 Å². The van der Waals surface area contributed by atoms with E-state index in [2.05, 4.69) is 15.6 Å². The van der Waals surface area contributed by atoms with E-state index in [0.717, 1.165) is 17.7 Å². The van der Waals surface area contributed by atoms with Crippen molar-refractivity contribution in [2.45, 2.75) is 25.3 Å². The van der Waals surface area contributed by atoms with Crippen molar-refractivity contribution in [3.05, 3.63) is 65.2 Å². The van der Waals surface area contributed by atoms with E-state index in [1.807, 2.05) is 6.07 Å². The molecule has 0 saturated carbocycles. The van der Waals surface area contributed by atoms with E-state index in [9.17, 15) is 14.0 Å². The number of piperidine rings is 1. The lowest BCUT2D eigenvalue weighted by Gasteiger charge is -2.22. The van der Waals surface area contributed by atoms with Crippen LogP contribution >= 0.6 is 0 Å². The van der Waals surface area contributed by atoms with E-state index in [4.69, 9.17) is 0 Å². The molecule has 1 atom stereocenters. The fourth-order valence-corrected chi connectivity index (χ4v) is 2.67. The number of halogens is 1. The third kappa shape index (κ3) is 3.95. The molecule has 1 aromatic heterocycles. The van der Waals surface area contributed by atoms with Gasteiger partial charge < -0.3 is 10.6 Å². The average molecular weight is 327 g/mol. The number of hydrogen-bond acceptors (Lipinski definition) is 3. The second-order valence-electron chi connectivity index (χ2n) is 5.80. The van der Waals surface area contributed by atoms with Gasteiger partial charge in [-0.2, -0.15) is 0 Å². The van der Waals surface area contributed by atoms with Crippen molar-refractivity contribution in [1.29, 1.82) is 0 Å². The number of pyridine rings is 1. The van der Waals surface area contributed by atoms with Gasteiger partial charge in [0.1, 0.15) is 11.9 Å². The molecule has 2 aromatic rings. The lowest BCUT2D eigenvalue weighted by Crippen LogP contribution is -2.50. The summed E-state index contributed by atoms with van der Waals surface area (Å²) in [5.74, 6) is -0.749. The Labute approximate surface area is 139 Å². The van der Waals surface area contributed by atoms with Crippen molar-refractivity contribution in [3.8, 4) is 0 Å². The quantitative estimate of drug-likeness (QED) is 0.900. The molecule has 1 aliphatic heterocycles. The molecule has 0 bridgehead atoms. The van der Waals surface area contributed by atoms with Crippen molar-refractivity contribution >= 4 is 11.8 Å². The minimum absolute atomic E-state index is 0.148. The van der Waals surface area contributed by atoms with Crippen LogP contribution in [0.15, 0.2) is 42.6 Å².